The quantitative estimate of drug-likeness (QED) is 0.921. The summed E-state index contributed by atoms with van der Waals surface area (Å²) < 4.78 is 13.0. The van der Waals surface area contributed by atoms with Crippen LogP contribution in [0.25, 0.3) is 11.0 Å². The molecule has 1 saturated heterocycles. The Balaban J connectivity index is 1.90. The molecule has 1 unspecified atom stereocenters. The lowest BCUT2D eigenvalue weighted by Gasteiger charge is -2.23. The van der Waals surface area contributed by atoms with Gasteiger partial charge in [0.1, 0.15) is 17.9 Å². The number of hydrogen-bond donors (Lipinski definition) is 1. The molecule has 1 atom stereocenters. The van der Waals surface area contributed by atoms with Crippen LogP contribution in [-0.2, 0) is 11.8 Å². The van der Waals surface area contributed by atoms with Gasteiger partial charge in [-0.05, 0) is 19.3 Å². The Kier molecular flexibility index (Phi) is 3.74. The molecule has 21 heavy (non-hydrogen) atoms. The van der Waals surface area contributed by atoms with Gasteiger partial charge in [0.25, 0.3) is 0 Å². The second-order valence-corrected chi connectivity index (χ2v) is 5.11. The van der Waals surface area contributed by atoms with Gasteiger partial charge in [-0.15, -0.1) is 0 Å². The van der Waals surface area contributed by atoms with Crippen LogP contribution in [0.2, 0.25) is 0 Å². The molecule has 0 spiro atoms. The van der Waals surface area contributed by atoms with Crippen LogP contribution in [0.3, 0.4) is 0 Å². The van der Waals surface area contributed by atoms with Crippen LogP contribution in [-0.4, -0.2) is 45.2 Å². The summed E-state index contributed by atoms with van der Waals surface area (Å²) in [4.78, 5) is 15.5. The summed E-state index contributed by atoms with van der Waals surface area (Å²) in [5.41, 5.74) is 0.644. The van der Waals surface area contributed by atoms with E-state index in [-0.39, 0.29) is 11.7 Å². The van der Waals surface area contributed by atoms with Crippen molar-refractivity contribution in [2.75, 3.05) is 13.2 Å². The Bertz CT molecular complexity index is 662. The Hall–Kier alpha value is -2.15. The third-order valence-electron chi connectivity index (χ3n) is 3.63. The molecule has 0 aliphatic carbocycles. The van der Waals surface area contributed by atoms with Gasteiger partial charge in [0, 0.05) is 19.9 Å². The minimum atomic E-state index is -1.06. The third kappa shape index (κ3) is 2.69. The number of nitrogens with zero attached hydrogens (tertiary/aromatic N) is 3. The van der Waals surface area contributed by atoms with E-state index in [4.69, 9.17) is 9.47 Å². The maximum Gasteiger partial charge on any atom is 0.341 e. The first-order valence-corrected chi connectivity index (χ1v) is 6.95. The number of aromatic carboxylic acids is 1. The number of carboxylic acids is 1. The SMILES string of the molecule is Cn1ncc2c(OCC3CCCCO3)c(C(=O)O)cnc21. The van der Waals surface area contributed by atoms with Gasteiger partial charge in [-0.3, -0.25) is 4.68 Å². The Morgan fingerprint density at radius 3 is 3.10 bits per heavy atom. The first-order chi connectivity index (χ1) is 10.2. The fourth-order valence-corrected chi connectivity index (χ4v) is 2.50. The van der Waals surface area contributed by atoms with E-state index in [9.17, 15) is 9.90 Å². The number of carbonyl (C=O) groups is 1. The van der Waals surface area contributed by atoms with Crippen LogP contribution >= 0.6 is 0 Å². The number of aryl methyl sites for hydroxylation is 1. The largest absolute Gasteiger partial charge is 0.489 e. The van der Waals surface area contributed by atoms with Crippen molar-refractivity contribution in [3.8, 4) is 5.75 Å². The molecular formula is C14H17N3O4. The summed E-state index contributed by atoms with van der Waals surface area (Å²) in [5, 5.41) is 14.0. The number of rotatable bonds is 4. The van der Waals surface area contributed by atoms with E-state index in [0.29, 0.717) is 23.4 Å². The van der Waals surface area contributed by atoms with Gasteiger partial charge >= 0.3 is 5.97 Å². The van der Waals surface area contributed by atoms with E-state index < -0.39 is 5.97 Å². The van der Waals surface area contributed by atoms with Crippen molar-refractivity contribution in [3.05, 3.63) is 18.0 Å². The second-order valence-electron chi connectivity index (χ2n) is 5.11. The molecule has 0 radical (unpaired) electrons. The maximum atomic E-state index is 11.3. The summed E-state index contributed by atoms with van der Waals surface area (Å²) in [6.45, 7) is 1.08. The van der Waals surface area contributed by atoms with E-state index in [2.05, 4.69) is 10.1 Å². The highest BCUT2D eigenvalue weighted by Gasteiger charge is 2.21. The van der Waals surface area contributed by atoms with Gasteiger partial charge < -0.3 is 14.6 Å². The summed E-state index contributed by atoms with van der Waals surface area (Å²) in [5.74, 6) is -0.748. The monoisotopic (exact) mass is 291 g/mol. The van der Waals surface area contributed by atoms with Crippen molar-refractivity contribution < 1.29 is 19.4 Å². The molecule has 0 amide bonds. The number of ether oxygens (including phenoxy) is 2. The highest BCUT2D eigenvalue weighted by Crippen LogP contribution is 2.28. The van der Waals surface area contributed by atoms with E-state index in [1.807, 2.05) is 0 Å². The van der Waals surface area contributed by atoms with Crippen molar-refractivity contribution in [2.45, 2.75) is 25.4 Å². The topological polar surface area (TPSA) is 86.5 Å². The molecule has 1 fully saturated rings. The summed E-state index contributed by atoms with van der Waals surface area (Å²) in [6.07, 6.45) is 6.01. The Morgan fingerprint density at radius 2 is 2.38 bits per heavy atom. The molecule has 3 heterocycles. The van der Waals surface area contributed by atoms with Crippen molar-refractivity contribution in [1.82, 2.24) is 14.8 Å². The van der Waals surface area contributed by atoms with Crippen molar-refractivity contribution in [2.24, 2.45) is 7.05 Å². The highest BCUT2D eigenvalue weighted by atomic mass is 16.5. The molecular weight excluding hydrogens is 274 g/mol. The number of pyridine rings is 1. The molecule has 112 valence electrons. The average Bonchev–Trinajstić information content (AvgIpc) is 2.87. The molecule has 2 aromatic rings. The normalized spacial score (nSPS) is 18.8. The molecule has 3 rings (SSSR count). The zero-order valence-electron chi connectivity index (χ0n) is 11.8. The predicted octanol–water partition coefficient (Wildman–Crippen LogP) is 1.61. The van der Waals surface area contributed by atoms with Crippen LogP contribution in [0.5, 0.6) is 5.75 Å². The molecule has 0 aromatic carbocycles. The fraction of sp³-hybridized carbons (Fsp3) is 0.500. The first-order valence-electron chi connectivity index (χ1n) is 6.95. The van der Waals surface area contributed by atoms with Crippen LogP contribution in [0.15, 0.2) is 12.4 Å². The van der Waals surface area contributed by atoms with Crippen molar-refractivity contribution in [3.63, 3.8) is 0 Å². The van der Waals surface area contributed by atoms with E-state index >= 15 is 0 Å². The Morgan fingerprint density at radius 1 is 1.52 bits per heavy atom. The number of carboxylic acid groups (broad SMARTS) is 1. The van der Waals surface area contributed by atoms with Gasteiger partial charge in [0.2, 0.25) is 0 Å². The third-order valence-corrected chi connectivity index (χ3v) is 3.63. The number of fused-ring (bicyclic) bond motifs is 1. The fourth-order valence-electron chi connectivity index (χ4n) is 2.50. The minimum absolute atomic E-state index is 0.0141. The van der Waals surface area contributed by atoms with E-state index in [1.165, 1.54) is 6.20 Å². The zero-order valence-corrected chi connectivity index (χ0v) is 11.8. The molecule has 0 saturated carbocycles. The van der Waals surface area contributed by atoms with Gasteiger partial charge in [0.05, 0.1) is 17.7 Å². The molecule has 2 aromatic heterocycles. The lowest BCUT2D eigenvalue weighted by molar-refractivity contribution is -0.0110. The van der Waals surface area contributed by atoms with Gasteiger partial charge in [0.15, 0.2) is 5.65 Å². The summed E-state index contributed by atoms with van der Waals surface area (Å²) in [7, 11) is 1.75. The smallest absolute Gasteiger partial charge is 0.341 e. The molecule has 7 heteroatoms. The predicted molar refractivity (Wildman–Crippen MR) is 74.6 cm³/mol. The van der Waals surface area contributed by atoms with Gasteiger partial charge in [-0.25, -0.2) is 9.78 Å². The second kappa shape index (κ2) is 5.69. The Labute approximate surface area is 121 Å². The molecule has 1 aliphatic rings. The first kappa shape index (κ1) is 13.8. The van der Waals surface area contributed by atoms with Crippen LogP contribution in [0.4, 0.5) is 0 Å². The van der Waals surface area contributed by atoms with Crippen LogP contribution in [0, 0.1) is 0 Å². The lowest BCUT2D eigenvalue weighted by Crippen LogP contribution is -2.26. The summed E-state index contributed by atoms with van der Waals surface area (Å²) >= 11 is 0. The van der Waals surface area contributed by atoms with Crippen molar-refractivity contribution >= 4 is 17.0 Å². The molecule has 7 nitrogen and oxygen atoms in total. The van der Waals surface area contributed by atoms with Crippen molar-refractivity contribution in [1.29, 1.82) is 0 Å². The average molecular weight is 291 g/mol. The van der Waals surface area contributed by atoms with Gasteiger partial charge in [-0.1, -0.05) is 0 Å². The molecule has 0 bridgehead atoms. The highest BCUT2D eigenvalue weighted by molar-refractivity contribution is 5.97. The standard InChI is InChI=1S/C14H17N3O4/c1-17-13-10(7-16-17)12(11(6-15-13)14(18)19)21-8-9-4-2-3-5-20-9/h6-7,9H,2-5,8H2,1H3,(H,18,19). The van der Waals surface area contributed by atoms with Gasteiger partial charge in [-0.2, -0.15) is 5.10 Å². The molecule has 1 aliphatic heterocycles. The number of hydrogen-bond acceptors (Lipinski definition) is 5. The van der Waals surface area contributed by atoms with Crippen LogP contribution < -0.4 is 4.74 Å². The zero-order chi connectivity index (χ0) is 14.8. The van der Waals surface area contributed by atoms with E-state index in [0.717, 1.165) is 25.9 Å². The maximum absolute atomic E-state index is 11.3. The van der Waals surface area contributed by atoms with E-state index in [1.54, 1.807) is 17.9 Å². The molecule has 1 N–H and O–H groups in total. The lowest BCUT2D eigenvalue weighted by atomic mass is 10.1. The minimum Gasteiger partial charge on any atom is -0.489 e. The summed E-state index contributed by atoms with van der Waals surface area (Å²) in [6, 6.07) is 0. The van der Waals surface area contributed by atoms with Crippen LogP contribution in [0.1, 0.15) is 29.6 Å². The number of aromatic nitrogens is 3.